The highest BCUT2D eigenvalue weighted by Gasteiger charge is 2.43. The van der Waals surface area contributed by atoms with Gasteiger partial charge in [0.05, 0.1) is 17.3 Å². The summed E-state index contributed by atoms with van der Waals surface area (Å²) < 4.78 is 49.8. The Morgan fingerprint density at radius 2 is 1.87 bits per heavy atom. The molecule has 2 aromatic rings. The normalized spacial score (nSPS) is 17.7. The first-order chi connectivity index (χ1) is 14.0. The van der Waals surface area contributed by atoms with Gasteiger partial charge in [0.15, 0.2) is 0 Å². The number of hydrogen-bond acceptors (Lipinski definition) is 4. The molecule has 6 nitrogen and oxygen atoms in total. The Hall–Kier alpha value is -2.59. The number of rotatable bonds is 3. The maximum atomic E-state index is 12.7. The fourth-order valence-corrected chi connectivity index (χ4v) is 2.57. The molecule has 0 radical (unpaired) electrons. The fraction of sp³-hybridized carbons (Fsp3) is 0.400. The zero-order valence-corrected chi connectivity index (χ0v) is 17.5. The summed E-state index contributed by atoms with van der Waals surface area (Å²) in [5.74, 6) is 0.235. The minimum atomic E-state index is -4.48. The van der Waals surface area contributed by atoms with Crippen molar-refractivity contribution in [3.05, 3.63) is 48.2 Å². The van der Waals surface area contributed by atoms with E-state index in [4.69, 9.17) is 9.31 Å². The van der Waals surface area contributed by atoms with Crippen molar-refractivity contribution in [2.75, 3.05) is 10.6 Å². The Kier molecular flexibility index (Phi) is 7.49. The molecule has 1 saturated heterocycles. The Labute approximate surface area is 174 Å². The van der Waals surface area contributed by atoms with Crippen LogP contribution in [-0.2, 0) is 15.5 Å². The zero-order valence-electron chi connectivity index (χ0n) is 17.5. The lowest BCUT2D eigenvalue weighted by Gasteiger charge is -2.21. The van der Waals surface area contributed by atoms with E-state index in [9.17, 15) is 18.0 Å². The molecule has 1 aromatic carbocycles. The summed E-state index contributed by atoms with van der Waals surface area (Å²) in [6, 6.07) is 6.92. The molecule has 2 N–H and O–H groups in total. The molecule has 10 heteroatoms. The number of amides is 2. The summed E-state index contributed by atoms with van der Waals surface area (Å²) in [5.41, 5.74) is -0.553. The van der Waals surface area contributed by atoms with Crippen molar-refractivity contribution in [1.29, 1.82) is 0 Å². The number of halogens is 3. The molecule has 1 unspecified atom stereocenters. The summed E-state index contributed by atoms with van der Waals surface area (Å²) in [6.07, 6.45) is -3.06. The Bertz CT molecular complexity index is 860. The van der Waals surface area contributed by atoms with Gasteiger partial charge < -0.3 is 14.6 Å². The number of nitrogens with zero attached hydrogens (tertiary/aromatic N) is 1. The first kappa shape index (κ1) is 23.7. The van der Waals surface area contributed by atoms with Gasteiger partial charge in [-0.1, -0.05) is 26.0 Å². The van der Waals surface area contributed by atoms with Gasteiger partial charge in [-0.3, -0.25) is 5.32 Å². The molecule has 0 saturated carbocycles. The maximum absolute atomic E-state index is 12.7. The van der Waals surface area contributed by atoms with Crippen LogP contribution in [0.15, 0.2) is 42.6 Å². The minimum absolute atomic E-state index is 0.0212. The van der Waals surface area contributed by atoms with E-state index in [0.29, 0.717) is 5.46 Å². The van der Waals surface area contributed by atoms with Crippen LogP contribution < -0.4 is 16.1 Å². The molecular weight excluding hydrogens is 398 g/mol. The third-order valence-electron chi connectivity index (χ3n) is 4.47. The second kappa shape index (κ2) is 9.48. The van der Waals surface area contributed by atoms with Gasteiger partial charge in [-0.25, -0.2) is 9.78 Å². The lowest BCUT2D eigenvalue weighted by Crippen LogP contribution is -2.35. The van der Waals surface area contributed by atoms with Crippen molar-refractivity contribution in [2.45, 2.75) is 52.5 Å². The van der Waals surface area contributed by atoms with Gasteiger partial charge in [0.25, 0.3) is 0 Å². The molecule has 2 heterocycles. The van der Waals surface area contributed by atoms with Crippen molar-refractivity contribution in [3.8, 4) is 0 Å². The first-order valence-corrected chi connectivity index (χ1v) is 9.59. The first-order valence-electron chi connectivity index (χ1n) is 9.59. The number of anilines is 2. The Morgan fingerprint density at radius 3 is 2.40 bits per heavy atom. The van der Waals surface area contributed by atoms with Crippen LogP contribution in [0.25, 0.3) is 0 Å². The zero-order chi connectivity index (χ0) is 22.5. The van der Waals surface area contributed by atoms with E-state index in [1.165, 1.54) is 18.3 Å². The van der Waals surface area contributed by atoms with E-state index in [-0.39, 0.29) is 17.6 Å². The number of urea groups is 1. The summed E-state index contributed by atoms with van der Waals surface area (Å²) in [6.45, 7) is 9.78. The fourth-order valence-electron chi connectivity index (χ4n) is 2.57. The van der Waals surface area contributed by atoms with Gasteiger partial charge in [0, 0.05) is 17.3 Å². The predicted octanol–water partition coefficient (Wildman–Crippen LogP) is 4.68. The van der Waals surface area contributed by atoms with Gasteiger partial charge in [-0.2, -0.15) is 13.2 Å². The van der Waals surface area contributed by atoms with Crippen LogP contribution >= 0.6 is 0 Å². The number of carbonyl (C=O) groups is 1. The molecule has 0 spiro atoms. The van der Waals surface area contributed by atoms with E-state index < -0.39 is 30.5 Å². The topological polar surface area (TPSA) is 72.5 Å². The average molecular weight is 423 g/mol. The van der Waals surface area contributed by atoms with Crippen LogP contribution in [0.5, 0.6) is 0 Å². The van der Waals surface area contributed by atoms with Crippen LogP contribution in [-0.4, -0.2) is 29.8 Å². The number of pyridine rings is 1. The predicted molar refractivity (Wildman–Crippen MR) is 111 cm³/mol. The van der Waals surface area contributed by atoms with Crippen LogP contribution in [0, 0.1) is 0 Å². The minimum Gasteiger partial charge on any atom is -0.402 e. The molecule has 1 atom stereocenters. The highest BCUT2D eigenvalue weighted by Crippen LogP contribution is 2.30. The average Bonchev–Trinajstić information content (AvgIpc) is 2.96. The van der Waals surface area contributed by atoms with Gasteiger partial charge >= 0.3 is 19.3 Å². The van der Waals surface area contributed by atoms with Crippen LogP contribution in [0.1, 0.15) is 40.2 Å². The van der Waals surface area contributed by atoms with Crippen molar-refractivity contribution in [1.82, 2.24) is 4.98 Å². The van der Waals surface area contributed by atoms with Crippen LogP contribution in [0.2, 0.25) is 0 Å². The molecule has 1 aliphatic rings. The molecule has 1 aromatic heterocycles. The molecule has 1 fully saturated rings. The SMILES string of the molecule is CC.CC1OB(c2ccc(NC(=O)Nc3cccc(C(F)(F)F)c3)nc2)OC1(C)C. The van der Waals surface area contributed by atoms with E-state index in [1.54, 1.807) is 12.1 Å². The lowest BCUT2D eigenvalue weighted by molar-refractivity contribution is -0.137. The monoisotopic (exact) mass is 423 g/mol. The van der Waals surface area contributed by atoms with E-state index in [1.807, 2.05) is 34.6 Å². The molecule has 2 amide bonds. The highest BCUT2D eigenvalue weighted by molar-refractivity contribution is 6.61. The molecule has 30 heavy (non-hydrogen) atoms. The summed E-state index contributed by atoms with van der Waals surface area (Å²) in [4.78, 5) is 16.1. The van der Waals surface area contributed by atoms with Gasteiger partial charge in [-0.15, -0.1) is 0 Å². The molecular formula is C20H25BF3N3O3. The van der Waals surface area contributed by atoms with E-state index in [2.05, 4.69) is 15.6 Å². The third kappa shape index (κ3) is 5.96. The molecule has 1 aliphatic heterocycles. The number of hydrogen-bond donors (Lipinski definition) is 2. The lowest BCUT2D eigenvalue weighted by atomic mass is 9.80. The van der Waals surface area contributed by atoms with Crippen molar-refractivity contribution < 1.29 is 27.3 Å². The molecule has 162 valence electrons. The molecule has 0 aliphatic carbocycles. The van der Waals surface area contributed by atoms with Crippen LogP contribution in [0.4, 0.5) is 29.5 Å². The third-order valence-corrected chi connectivity index (χ3v) is 4.47. The van der Waals surface area contributed by atoms with Crippen molar-refractivity contribution in [2.24, 2.45) is 0 Å². The van der Waals surface area contributed by atoms with Gasteiger partial charge in [-0.05, 0) is 45.0 Å². The smallest absolute Gasteiger partial charge is 0.402 e. The largest absolute Gasteiger partial charge is 0.496 e. The Morgan fingerprint density at radius 1 is 1.17 bits per heavy atom. The van der Waals surface area contributed by atoms with Gasteiger partial charge in [0.1, 0.15) is 5.82 Å². The van der Waals surface area contributed by atoms with Gasteiger partial charge in [0.2, 0.25) is 0 Å². The molecule has 3 rings (SSSR count). The van der Waals surface area contributed by atoms with Crippen LogP contribution in [0.3, 0.4) is 0 Å². The number of alkyl halides is 3. The maximum Gasteiger partial charge on any atom is 0.496 e. The van der Waals surface area contributed by atoms with E-state index >= 15 is 0 Å². The van der Waals surface area contributed by atoms with Crippen molar-refractivity contribution in [3.63, 3.8) is 0 Å². The van der Waals surface area contributed by atoms with E-state index in [0.717, 1.165) is 12.1 Å². The van der Waals surface area contributed by atoms with Crippen molar-refractivity contribution >= 4 is 30.1 Å². The summed E-state index contributed by atoms with van der Waals surface area (Å²) in [7, 11) is -0.550. The number of benzene rings is 1. The summed E-state index contributed by atoms with van der Waals surface area (Å²) >= 11 is 0. The quantitative estimate of drug-likeness (QED) is 0.704. The standard InChI is InChI=1S/C18H19BF3N3O3.C2H6/c1-11-17(2,3)28-19(27-11)13-7-8-15(23-10-13)25-16(26)24-14-6-4-5-12(9-14)18(20,21)22;1-2/h4-11H,1-3H3,(H2,23,24,25,26);1-2H3. The second-order valence-corrected chi connectivity index (χ2v) is 6.97. The Balaban J connectivity index is 0.00000155. The summed E-state index contributed by atoms with van der Waals surface area (Å²) in [5, 5.41) is 4.82. The number of nitrogens with one attached hydrogen (secondary N) is 2. The molecule has 0 bridgehead atoms. The number of aromatic nitrogens is 1. The highest BCUT2D eigenvalue weighted by atomic mass is 19.4. The number of carbonyl (C=O) groups excluding carboxylic acids is 1. The second-order valence-electron chi connectivity index (χ2n) is 6.97.